The minimum absolute atomic E-state index is 0.198. The summed E-state index contributed by atoms with van der Waals surface area (Å²) in [6, 6.07) is 5.20. The Morgan fingerprint density at radius 2 is 2.26 bits per heavy atom. The van der Waals surface area contributed by atoms with Crippen LogP contribution in [0.25, 0.3) is 17.8 Å². The average molecular weight is 270 g/mol. The van der Waals surface area contributed by atoms with Gasteiger partial charge in [-0.05, 0) is 24.3 Å². The molecule has 0 saturated heterocycles. The van der Waals surface area contributed by atoms with Crippen LogP contribution in [0.15, 0.2) is 47.1 Å². The molecule has 0 aliphatic rings. The Morgan fingerprint density at radius 3 is 3.00 bits per heavy atom. The molecule has 0 fully saturated rings. The molecule has 0 bridgehead atoms. The summed E-state index contributed by atoms with van der Waals surface area (Å²) in [7, 11) is 0. The summed E-state index contributed by atoms with van der Waals surface area (Å²) >= 11 is 1.64. The normalized spacial score (nSPS) is 11.2. The second-order valence-electron chi connectivity index (χ2n) is 3.86. The zero-order valence-corrected chi connectivity index (χ0v) is 10.7. The standard InChI is InChI=1S/C13H10N4OS/c18-13-4-2-10(15-16-13)1-3-12-7-11(8-19-12)17-6-5-14-9-17/h1-9H,(H,16,18). The summed E-state index contributed by atoms with van der Waals surface area (Å²) in [6.45, 7) is 0. The summed E-state index contributed by atoms with van der Waals surface area (Å²) in [4.78, 5) is 16.0. The smallest absolute Gasteiger partial charge is 0.264 e. The van der Waals surface area contributed by atoms with Gasteiger partial charge in [0, 0.05) is 28.7 Å². The van der Waals surface area contributed by atoms with Crippen molar-refractivity contribution in [3.05, 3.63) is 63.2 Å². The van der Waals surface area contributed by atoms with Crippen LogP contribution in [0.1, 0.15) is 10.6 Å². The lowest BCUT2D eigenvalue weighted by atomic mass is 10.3. The number of H-pyrrole nitrogens is 1. The Labute approximate surface area is 112 Å². The summed E-state index contributed by atoms with van der Waals surface area (Å²) in [5.74, 6) is 0. The van der Waals surface area contributed by atoms with E-state index in [9.17, 15) is 4.79 Å². The molecule has 0 saturated carbocycles. The predicted octanol–water partition coefficient (Wildman–Crippen LogP) is 2.19. The van der Waals surface area contributed by atoms with E-state index in [0.717, 1.165) is 16.3 Å². The number of rotatable bonds is 3. The van der Waals surface area contributed by atoms with Gasteiger partial charge in [-0.15, -0.1) is 11.3 Å². The number of hydrogen-bond acceptors (Lipinski definition) is 4. The van der Waals surface area contributed by atoms with E-state index in [0.29, 0.717) is 0 Å². The molecule has 94 valence electrons. The Kier molecular flexibility index (Phi) is 3.07. The van der Waals surface area contributed by atoms with E-state index in [2.05, 4.69) is 26.6 Å². The quantitative estimate of drug-likeness (QED) is 0.793. The molecule has 5 nitrogen and oxygen atoms in total. The van der Waals surface area contributed by atoms with Gasteiger partial charge in [0.1, 0.15) is 0 Å². The van der Waals surface area contributed by atoms with Gasteiger partial charge < -0.3 is 4.57 Å². The van der Waals surface area contributed by atoms with Crippen molar-refractivity contribution in [2.24, 2.45) is 0 Å². The third-order valence-corrected chi connectivity index (χ3v) is 3.41. The number of nitrogens with one attached hydrogen (secondary N) is 1. The Balaban J connectivity index is 1.80. The van der Waals surface area contributed by atoms with Gasteiger partial charge in [0.05, 0.1) is 17.7 Å². The van der Waals surface area contributed by atoms with Crippen LogP contribution in [0.3, 0.4) is 0 Å². The molecule has 0 atom stereocenters. The number of imidazole rings is 1. The fourth-order valence-corrected chi connectivity index (χ4v) is 2.37. The first-order chi connectivity index (χ1) is 9.31. The van der Waals surface area contributed by atoms with Crippen LogP contribution in [0.5, 0.6) is 0 Å². The van der Waals surface area contributed by atoms with Crippen LogP contribution in [0, 0.1) is 0 Å². The lowest BCUT2D eigenvalue weighted by molar-refractivity contribution is 0.977. The molecular weight excluding hydrogens is 260 g/mol. The van der Waals surface area contributed by atoms with E-state index < -0.39 is 0 Å². The van der Waals surface area contributed by atoms with Gasteiger partial charge in [0.15, 0.2) is 0 Å². The van der Waals surface area contributed by atoms with Gasteiger partial charge in [-0.3, -0.25) is 4.79 Å². The minimum atomic E-state index is -0.198. The number of hydrogen-bond donors (Lipinski definition) is 1. The molecule has 0 amide bonds. The first-order valence-corrected chi connectivity index (χ1v) is 6.50. The maximum absolute atomic E-state index is 10.9. The van der Waals surface area contributed by atoms with E-state index >= 15 is 0 Å². The predicted molar refractivity (Wildman–Crippen MR) is 75.2 cm³/mol. The molecule has 0 unspecified atom stereocenters. The van der Waals surface area contributed by atoms with E-state index in [1.54, 1.807) is 29.9 Å². The average Bonchev–Trinajstić information content (AvgIpc) is 3.09. The fraction of sp³-hybridized carbons (Fsp3) is 0. The molecule has 3 aromatic rings. The highest BCUT2D eigenvalue weighted by molar-refractivity contribution is 7.11. The van der Waals surface area contributed by atoms with Crippen LogP contribution < -0.4 is 5.56 Å². The molecule has 3 rings (SSSR count). The minimum Gasteiger partial charge on any atom is -0.305 e. The third-order valence-electron chi connectivity index (χ3n) is 2.53. The number of thiophene rings is 1. The Bertz CT molecular complexity index is 735. The molecular formula is C13H10N4OS. The van der Waals surface area contributed by atoms with Crippen LogP contribution in [-0.4, -0.2) is 19.7 Å². The summed E-state index contributed by atoms with van der Waals surface area (Å²) in [5, 5.41) is 8.37. The first-order valence-electron chi connectivity index (χ1n) is 5.62. The highest BCUT2D eigenvalue weighted by atomic mass is 32.1. The van der Waals surface area contributed by atoms with Crippen LogP contribution >= 0.6 is 11.3 Å². The van der Waals surface area contributed by atoms with Crippen molar-refractivity contribution >= 4 is 23.5 Å². The molecule has 1 N–H and O–H groups in total. The summed E-state index contributed by atoms with van der Waals surface area (Å²) < 4.78 is 1.95. The maximum Gasteiger partial charge on any atom is 0.264 e. The number of aromatic nitrogens is 4. The summed E-state index contributed by atoms with van der Waals surface area (Å²) in [5.41, 5.74) is 1.60. The van der Waals surface area contributed by atoms with Crippen LogP contribution in [-0.2, 0) is 0 Å². The van der Waals surface area contributed by atoms with Crippen molar-refractivity contribution in [2.45, 2.75) is 0 Å². The molecule has 0 radical (unpaired) electrons. The molecule has 0 aromatic carbocycles. The molecule has 3 heterocycles. The molecule has 3 aromatic heterocycles. The SMILES string of the molecule is O=c1ccc(C=Cc2cc(-n3ccnc3)cs2)n[nH]1. The largest absolute Gasteiger partial charge is 0.305 e. The highest BCUT2D eigenvalue weighted by Gasteiger charge is 1.99. The monoisotopic (exact) mass is 270 g/mol. The second-order valence-corrected chi connectivity index (χ2v) is 4.80. The highest BCUT2D eigenvalue weighted by Crippen LogP contribution is 2.20. The molecule has 6 heteroatoms. The third kappa shape index (κ3) is 2.69. The zero-order chi connectivity index (χ0) is 13.1. The van der Waals surface area contributed by atoms with Crippen LogP contribution in [0.4, 0.5) is 0 Å². The van der Waals surface area contributed by atoms with Crippen molar-refractivity contribution in [2.75, 3.05) is 0 Å². The maximum atomic E-state index is 10.9. The number of nitrogens with zero attached hydrogens (tertiary/aromatic N) is 3. The molecule has 0 aliphatic heterocycles. The Morgan fingerprint density at radius 1 is 1.32 bits per heavy atom. The van der Waals surface area contributed by atoms with Gasteiger partial charge in [-0.1, -0.05) is 0 Å². The molecule has 0 spiro atoms. The van der Waals surface area contributed by atoms with Gasteiger partial charge in [0.2, 0.25) is 0 Å². The number of aromatic amines is 1. The van der Waals surface area contributed by atoms with Crippen molar-refractivity contribution in [3.63, 3.8) is 0 Å². The van der Waals surface area contributed by atoms with Crippen molar-refractivity contribution < 1.29 is 0 Å². The molecule has 19 heavy (non-hydrogen) atoms. The fourth-order valence-electron chi connectivity index (χ4n) is 1.59. The van der Waals surface area contributed by atoms with Crippen LogP contribution in [0.2, 0.25) is 0 Å². The topological polar surface area (TPSA) is 63.6 Å². The van der Waals surface area contributed by atoms with Gasteiger partial charge in [-0.25, -0.2) is 10.1 Å². The van der Waals surface area contributed by atoms with Gasteiger partial charge in [0.25, 0.3) is 5.56 Å². The summed E-state index contributed by atoms with van der Waals surface area (Å²) in [6.07, 6.45) is 9.24. The second kappa shape index (κ2) is 5.03. The van der Waals surface area contributed by atoms with E-state index in [1.165, 1.54) is 6.07 Å². The van der Waals surface area contributed by atoms with Crippen molar-refractivity contribution in [1.29, 1.82) is 0 Å². The van der Waals surface area contributed by atoms with E-state index in [-0.39, 0.29) is 5.56 Å². The Hall–Kier alpha value is -2.47. The van der Waals surface area contributed by atoms with E-state index in [4.69, 9.17) is 0 Å². The van der Waals surface area contributed by atoms with Crippen molar-refractivity contribution in [1.82, 2.24) is 19.7 Å². The lowest BCUT2D eigenvalue weighted by Crippen LogP contribution is -2.05. The lowest BCUT2D eigenvalue weighted by Gasteiger charge is -1.93. The zero-order valence-electron chi connectivity index (χ0n) is 9.85. The first kappa shape index (κ1) is 11.6. The van der Waals surface area contributed by atoms with Gasteiger partial charge in [-0.2, -0.15) is 5.10 Å². The van der Waals surface area contributed by atoms with E-state index in [1.807, 2.05) is 22.9 Å². The van der Waals surface area contributed by atoms with Gasteiger partial charge >= 0.3 is 0 Å². The van der Waals surface area contributed by atoms with Crippen molar-refractivity contribution in [3.8, 4) is 5.69 Å². The molecule has 0 aliphatic carbocycles.